The van der Waals surface area contributed by atoms with Crippen molar-refractivity contribution in [2.45, 2.75) is 58.6 Å². The van der Waals surface area contributed by atoms with Gasteiger partial charge in [-0.05, 0) is 57.4 Å². The van der Waals surface area contributed by atoms with Crippen LogP contribution >= 0.6 is 0 Å². The van der Waals surface area contributed by atoms with Gasteiger partial charge in [-0.2, -0.15) is 0 Å². The van der Waals surface area contributed by atoms with Crippen LogP contribution in [0.5, 0.6) is 0 Å². The Morgan fingerprint density at radius 1 is 1.31 bits per heavy atom. The van der Waals surface area contributed by atoms with Crippen LogP contribution in [0.25, 0.3) is 11.1 Å². The fraction of sp³-hybridized carbons (Fsp3) is 0.400. The molecule has 1 N–H and O–H groups in total. The van der Waals surface area contributed by atoms with Crippen LogP contribution in [0, 0.1) is 13.8 Å². The van der Waals surface area contributed by atoms with Gasteiger partial charge >= 0.3 is 0 Å². The third-order valence-electron chi connectivity index (χ3n) is 4.87. The van der Waals surface area contributed by atoms with Crippen LogP contribution in [0.4, 0.5) is 0 Å². The lowest BCUT2D eigenvalue weighted by molar-refractivity contribution is 0.0857. The molecule has 0 atom stereocenters. The molecule has 0 saturated carbocycles. The molecule has 2 heterocycles. The summed E-state index contributed by atoms with van der Waals surface area (Å²) in [5, 5.41) is 7.04. The Morgan fingerprint density at radius 3 is 2.55 bits per heavy atom. The molecule has 0 fully saturated rings. The number of fused-ring (bicyclic) bond motifs is 1. The third-order valence-corrected chi connectivity index (χ3v) is 6.81. The van der Waals surface area contributed by atoms with E-state index in [2.05, 4.69) is 10.3 Å². The molecular formula is C20H23N3O5S. The second-order valence-corrected chi connectivity index (χ2v) is 9.11. The quantitative estimate of drug-likeness (QED) is 0.607. The molecule has 0 saturated heterocycles. The molecule has 154 valence electrons. The smallest absolute Gasteiger partial charge is 0.274 e. The van der Waals surface area contributed by atoms with Gasteiger partial charge in [0.25, 0.3) is 5.56 Å². The summed E-state index contributed by atoms with van der Waals surface area (Å²) in [6.45, 7) is 9.30. The first-order chi connectivity index (χ1) is 13.6. The number of nitrogens with one attached hydrogen (secondary N) is 1. The van der Waals surface area contributed by atoms with Crippen molar-refractivity contribution < 1.29 is 18.0 Å². The van der Waals surface area contributed by atoms with Gasteiger partial charge < -0.3 is 9.94 Å². The highest BCUT2D eigenvalue weighted by Crippen LogP contribution is 2.39. The number of benzene rings is 1. The van der Waals surface area contributed by atoms with Crippen LogP contribution in [0.1, 0.15) is 43.9 Å². The maximum absolute atomic E-state index is 13.0. The third kappa shape index (κ3) is 3.36. The molecule has 0 amide bonds. The van der Waals surface area contributed by atoms with Crippen molar-refractivity contribution in [2.24, 2.45) is 5.16 Å². The number of hydrogen-bond acceptors (Lipinski definition) is 6. The first-order valence-electron chi connectivity index (χ1n) is 9.28. The zero-order valence-corrected chi connectivity index (χ0v) is 17.8. The number of allylic oxidation sites excluding steroid dienone is 1. The van der Waals surface area contributed by atoms with E-state index in [1.165, 1.54) is 4.68 Å². The molecule has 8 nitrogen and oxygen atoms in total. The topological polar surface area (TPSA) is 111 Å². The average Bonchev–Trinajstić information content (AvgIpc) is 3.03. The van der Waals surface area contributed by atoms with Gasteiger partial charge in [0.2, 0.25) is 9.84 Å². The number of oxime groups is 1. The van der Waals surface area contributed by atoms with Crippen LogP contribution in [0.3, 0.4) is 0 Å². The molecule has 9 heteroatoms. The number of carbonyl (C=O) groups excluding carboxylic acids is 1. The average molecular weight is 417 g/mol. The predicted octanol–water partition coefficient (Wildman–Crippen LogP) is 2.50. The highest BCUT2D eigenvalue weighted by Gasteiger charge is 2.37. The normalized spacial score (nSPS) is 16.8. The Morgan fingerprint density at radius 2 is 2.00 bits per heavy atom. The van der Waals surface area contributed by atoms with Gasteiger partial charge in [0.15, 0.2) is 0 Å². The summed E-state index contributed by atoms with van der Waals surface area (Å²) >= 11 is 0. The summed E-state index contributed by atoms with van der Waals surface area (Å²) < 4.78 is 27.4. The van der Waals surface area contributed by atoms with Crippen molar-refractivity contribution >= 4 is 21.5 Å². The Bertz CT molecular complexity index is 1230. The van der Waals surface area contributed by atoms with Gasteiger partial charge in [0.05, 0.1) is 16.2 Å². The van der Waals surface area contributed by atoms with E-state index >= 15 is 0 Å². The number of aromatic nitrogens is 2. The highest BCUT2D eigenvalue weighted by molar-refractivity contribution is 7.95. The number of nitrogens with zero attached hydrogens (tertiary/aromatic N) is 2. The molecule has 0 spiro atoms. The lowest BCUT2D eigenvalue weighted by Gasteiger charge is -2.24. The second-order valence-electron chi connectivity index (χ2n) is 7.20. The SMILES string of the molecule is CCn1[nH]cc(-c2cc(C)c3c(c2C)C(=NOC(C)C)CC(=C=O)S3(=O)=O)c1=O. The lowest BCUT2D eigenvalue weighted by atomic mass is 9.91. The first kappa shape index (κ1) is 20.8. The standard InChI is InChI=1S/C20H23N3O5S/c1-6-23-20(25)16(9-21-23)15-7-12(4)19-18(13(15)5)17(22-28-11(2)3)8-14(10-24)29(19,26)27/h7,9,11,21H,6,8H2,1-5H3. The molecule has 0 radical (unpaired) electrons. The Hall–Kier alpha value is -2.90. The highest BCUT2D eigenvalue weighted by atomic mass is 32.2. The summed E-state index contributed by atoms with van der Waals surface area (Å²) in [7, 11) is -4.00. The molecule has 0 aliphatic carbocycles. The number of H-pyrrole nitrogens is 1. The fourth-order valence-electron chi connectivity index (χ4n) is 3.50. The van der Waals surface area contributed by atoms with Crippen LogP contribution in [0.2, 0.25) is 0 Å². The zero-order valence-electron chi connectivity index (χ0n) is 17.0. The van der Waals surface area contributed by atoms with Gasteiger partial charge in [0, 0.05) is 24.7 Å². The largest absolute Gasteiger partial charge is 0.393 e. The molecule has 3 rings (SSSR count). The maximum atomic E-state index is 13.0. The minimum Gasteiger partial charge on any atom is -0.393 e. The van der Waals surface area contributed by atoms with Crippen LogP contribution in [-0.4, -0.2) is 36.0 Å². The van der Waals surface area contributed by atoms with Crippen molar-refractivity contribution in [2.75, 3.05) is 0 Å². The summed E-state index contributed by atoms with van der Waals surface area (Å²) in [4.78, 5) is 29.0. The number of aryl methyl sites for hydroxylation is 2. The predicted molar refractivity (Wildman–Crippen MR) is 109 cm³/mol. The molecule has 0 unspecified atom stereocenters. The molecule has 1 aromatic heterocycles. The first-order valence-corrected chi connectivity index (χ1v) is 10.8. The summed E-state index contributed by atoms with van der Waals surface area (Å²) in [6.07, 6.45) is 1.18. The van der Waals surface area contributed by atoms with Crippen LogP contribution in [0.15, 0.2) is 32.0 Å². The fourth-order valence-corrected chi connectivity index (χ4v) is 5.20. The summed E-state index contributed by atoms with van der Waals surface area (Å²) in [5.74, 6) is 1.55. The molecule has 1 aromatic carbocycles. The van der Waals surface area contributed by atoms with Crippen LogP contribution in [-0.2, 0) is 26.0 Å². The Kier molecular flexibility index (Phi) is 5.38. The van der Waals surface area contributed by atoms with E-state index in [4.69, 9.17) is 4.84 Å². The minimum atomic E-state index is -4.00. The van der Waals surface area contributed by atoms with Crippen molar-refractivity contribution in [1.29, 1.82) is 0 Å². The maximum Gasteiger partial charge on any atom is 0.274 e. The zero-order chi connectivity index (χ0) is 21.5. The van der Waals surface area contributed by atoms with E-state index in [1.54, 1.807) is 45.9 Å². The van der Waals surface area contributed by atoms with E-state index in [9.17, 15) is 18.0 Å². The minimum absolute atomic E-state index is 0.0146. The Balaban J connectivity index is 2.39. The van der Waals surface area contributed by atoms with Crippen molar-refractivity contribution in [3.05, 3.63) is 44.2 Å². The van der Waals surface area contributed by atoms with Crippen molar-refractivity contribution in [3.8, 4) is 11.1 Å². The number of aromatic amines is 1. The van der Waals surface area contributed by atoms with E-state index < -0.39 is 9.84 Å². The van der Waals surface area contributed by atoms with Gasteiger partial charge in [0.1, 0.15) is 17.0 Å². The van der Waals surface area contributed by atoms with E-state index in [0.717, 1.165) is 0 Å². The van der Waals surface area contributed by atoms with Crippen molar-refractivity contribution in [1.82, 2.24) is 9.78 Å². The van der Waals surface area contributed by atoms with E-state index in [-0.39, 0.29) is 27.9 Å². The van der Waals surface area contributed by atoms with Crippen LogP contribution < -0.4 is 5.56 Å². The van der Waals surface area contributed by atoms with Crippen molar-refractivity contribution in [3.63, 3.8) is 0 Å². The van der Waals surface area contributed by atoms with E-state index in [0.29, 0.717) is 40.1 Å². The van der Waals surface area contributed by atoms with Gasteiger partial charge in [-0.3, -0.25) is 9.48 Å². The van der Waals surface area contributed by atoms with Gasteiger partial charge in [-0.15, -0.1) is 0 Å². The molecule has 1 aliphatic heterocycles. The molecular weight excluding hydrogens is 394 g/mol. The second kappa shape index (κ2) is 7.50. The molecule has 1 aliphatic rings. The van der Waals surface area contributed by atoms with Gasteiger partial charge in [-0.25, -0.2) is 13.2 Å². The number of hydrogen-bond donors (Lipinski definition) is 1. The summed E-state index contributed by atoms with van der Waals surface area (Å²) in [6, 6.07) is 1.66. The molecule has 29 heavy (non-hydrogen) atoms. The van der Waals surface area contributed by atoms with Gasteiger partial charge in [-0.1, -0.05) is 5.16 Å². The monoisotopic (exact) mass is 417 g/mol. The Labute approximate surface area is 168 Å². The number of sulfone groups is 1. The number of rotatable bonds is 4. The molecule has 2 aromatic rings. The lowest BCUT2D eigenvalue weighted by Crippen LogP contribution is -2.25. The van der Waals surface area contributed by atoms with E-state index in [1.807, 2.05) is 6.92 Å². The summed E-state index contributed by atoms with van der Waals surface area (Å²) in [5.41, 5.74) is 2.57. The molecule has 0 bridgehead atoms.